The van der Waals surface area contributed by atoms with Gasteiger partial charge in [-0.25, -0.2) is 9.59 Å². The monoisotopic (exact) mass is 562 g/mol. The summed E-state index contributed by atoms with van der Waals surface area (Å²) in [5, 5.41) is -0.243. The van der Waals surface area contributed by atoms with Crippen LogP contribution in [0.1, 0.15) is 46.2 Å². The first kappa shape index (κ1) is 27.8. The molecule has 1 aromatic heterocycles. The summed E-state index contributed by atoms with van der Waals surface area (Å²) in [6, 6.07) is -0.135. The highest BCUT2D eigenvalue weighted by molar-refractivity contribution is 7.99. The van der Waals surface area contributed by atoms with Gasteiger partial charge in [-0.2, -0.15) is 18.2 Å². The number of nitrogens with zero attached hydrogens (tertiary/aromatic N) is 4. The number of amides is 1. The van der Waals surface area contributed by atoms with Crippen LogP contribution in [0.15, 0.2) is 15.8 Å². The highest BCUT2D eigenvalue weighted by atomic mass is 35.5. The molecule has 1 fully saturated rings. The van der Waals surface area contributed by atoms with Crippen molar-refractivity contribution in [3.63, 3.8) is 0 Å². The molecule has 0 saturated carbocycles. The van der Waals surface area contributed by atoms with Gasteiger partial charge in [0.05, 0.1) is 45.7 Å². The third kappa shape index (κ3) is 5.24. The Kier molecular flexibility index (Phi) is 7.41. The van der Waals surface area contributed by atoms with E-state index in [2.05, 4.69) is 4.98 Å². The van der Waals surface area contributed by atoms with E-state index in [1.807, 2.05) is 13.8 Å². The van der Waals surface area contributed by atoms with Crippen LogP contribution in [0.5, 0.6) is 0 Å². The predicted molar refractivity (Wildman–Crippen MR) is 137 cm³/mol. The molecule has 2 aromatic rings. The van der Waals surface area contributed by atoms with Gasteiger partial charge in [0.15, 0.2) is 0 Å². The van der Waals surface area contributed by atoms with Crippen LogP contribution < -0.4 is 10.6 Å². The van der Waals surface area contributed by atoms with E-state index < -0.39 is 40.2 Å². The van der Waals surface area contributed by atoms with Crippen LogP contribution in [-0.4, -0.2) is 70.8 Å². The number of methoxy groups -OCH3 is 1. The van der Waals surface area contributed by atoms with E-state index in [1.54, 1.807) is 30.6 Å². The van der Waals surface area contributed by atoms with Crippen molar-refractivity contribution in [2.75, 3.05) is 37.5 Å². The Morgan fingerprint density at radius 1 is 1.22 bits per heavy atom. The molecular formula is C24H30ClF3N4O4S. The minimum absolute atomic E-state index is 0.140. The second kappa shape index (κ2) is 9.85. The summed E-state index contributed by atoms with van der Waals surface area (Å²) in [4.78, 5) is 34.0. The lowest BCUT2D eigenvalue weighted by atomic mass is 10.1. The number of piperazine rings is 1. The Balaban J connectivity index is 1.85. The number of benzene rings is 1. The molecule has 0 bridgehead atoms. The molecule has 2 aliphatic heterocycles. The third-order valence-corrected chi connectivity index (χ3v) is 8.10. The van der Waals surface area contributed by atoms with Crippen molar-refractivity contribution in [1.82, 2.24) is 14.5 Å². The van der Waals surface area contributed by atoms with Crippen molar-refractivity contribution >= 4 is 46.2 Å². The van der Waals surface area contributed by atoms with Crippen LogP contribution in [0, 0.1) is 0 Å². The molecule has 13 heteroatoms. The number of hydrogen-bond acceptors (Lipinski definition) is 7. The predicted octanol–water partition coefficient (Wildman–Crippen LogP) is 5.20. The third-order valence-electron chi connectivity index (χ3n) is 6.36. The van der Waals surface area contributed by atoms with Gasteiger partial charge >= 0.3 is 18.0 Å². The highest BCUT2D eigenvalue weighted by Gasteiger charge is 2.40. The number of anilines is 1. The Morgan fingerprint density at radius 3 is 2.38 bits per heavy atom. The zero-order valence-electron chi connectivity index (χ0n) is 21.5. The quantitative estimate of drug-likeness (QED) is 0.509. The number of aromatic nitrogens is 2. The normalized spacial score (nSPS) is 22.5. The van der Waals surface area contributed by atoms with E-state index in [0.29, 0.717) is 11.3 Å². The highest BCUT2D eigenvalue weighted by Crippen LogP contribution is 2.48. The molecule has 37 heavy (non-hydrogen) atoms. The first-order valence-corrected chi connectivity index (χ1v) is 13.2. The second-order valence-corrected chi connectivity index (χ2v) is 11.9. The molecule has 1 aromatic carbocycles. The maximum atomic E-state index is 14.0. The maximum Gasteiger partial charge on any atom is 0.417 e. The summed E-state index contributed by atoms with van der Waals surface area (Å²) in [6.45, 7) is 9.69. The van der Waals surface area contributed by atoms with E-state index >= 15 is 0 Å². The fourth-order valence-electron chi connectivity index (χ4n) is 4.99. The lowest BCUT2D eigenvalue weighted by Crippen LogP contribution is -2.60. The van der Waals surface area contributed by atoms with Crippen LogP contribution in [0.4, 0.5) is 23.8 Å². The molecule has 0 aliphatic carbocycles. The molecule has 2 unspecified atom stereocenters. The van der Waals surface area contributed by atoms with Gasteiger partial charge in [-0.15, -0.1) is 11.8 Å². The van der Waals surface area contributed by atoms with Gasteiger partial charge in [-0.1, -0.05) is 11.6 Å². The largest absolute Gasteiger partial charge is 0.444 e. The first-order chi connectivity index (χ1) is 17.1. The van der Waals surface area contributed by atoms with Gasteiger partial charge in [0.1, 0.15) is 11.4 Å². The Bertz CT molecular complexity index is 1270. The number of thioether (sulfide) groups is 1. The molecule has 0 spiro atoms. The maximum absolute atomic E-state index is 14.0. The summed E-state index contributed by atoms with van der Waals surface area (Å²) in [6.07, 6.45) is -5.16. The fraction of sp³-hybridized carbons (Fsp3) is 0.625. The van der Waals surface area contributed by atoms with E-state index in [1.165, 1.54) is 23.4 Å². The molecule has 8 nitrogen and oxygen atoms in total. The number of hydrogen-bond donors (Lipinski definition) is 0. The van der Waals surface area contributed by atoms with Crippen molar-refractivity contribution in [3.05, 3.63) is 27.1 Å². The van der Waals surface area contributed by atoms with Crippen LogP contribution in [0.2, 0.25) is 5.02 Å². The van der Waals surface area contributed by atoms with E-state index in [0.717, 1.165) is 6.07 Å². The number of carbonyl (C=O) groups excluding carboxylic acids is 1. The average molecular weight is 563 g/mol. The zero-order chi connectivity index (χ0) is 27.4. The van der Waals surface area contributed by atoms with Crippen LogP contribution in [-0.2, 0) is 15.7 Å². The van der Waals surface area contributed by atoms with Crippen molar-refractivity contribution in [2.24, 2.45) is 0 Å². The van der Waals surface area contributed by atoms with E-state index in [4.69, 9.17) is 21.1 Å². The molecule has 204 valence electrons. The molecule has 0 radical (unpaired) electrons. The summed E-state index contributed by atoms with van der Waals surface area (Å²) in [5.74, 6) is 0.460. The van der Waals surface area contributed by atoms with Gasteiger partial charge in [-0.05, 0) is 40.7 Å². The molecule has 4 rings (SSSR count). The molecule has 2 aliphatic rings. The van der Waals surface area contributed by atoms with E-state index in [9.17, 15) is 22.8 Å². The number of alkyl halides is 3. The van der Waals surface area contributed by atoms with Crippen LogP contribution in [0.25, 0.3) is 10.9 Å². The Morgan fingerprint density at radius 2 is 1.84 bits per heavy atom. The molecule has 3 heterocycles. The number of rotatable bonds is 3. The van der Waals surface area contributed by atoms with Gasteiger partial charge in [0.25, 0.3) is 0 Å². The lowest BCUT2D eigenvalue weighted by molar-refractivity contribution is -0.137. The first-order valence-electron chi connectivity index (χ1n) is 11.9. The van der Waals surface area contributed by atoms with Gasteiger partial charge < -0.3 is 14.4 Å². The van der Waals surface area contributed by atoms with Gasteiger partial charge in [0.2, 0.25) is 0 Å². The second-order valence-electron chi connectivity index (χ2n) is 10.5. The Labute approximate surface area is 222 Å². The van der Waals surface area contributed by atoms with Crippen molar-refractivity contribution in [3.8, 4) is 0 Å². The van der Waals surface area contributed by atoms with Crippen molar-refractivity contribution in [2.45, 2.75) is 69.4 Å². The summed E-state index contributed by atoms with van der Waals surface area (Å²) < 4.78 is 54.2. The van der Waals surface area contributed by atoms with Crippen molar-refractivity contribution in [1.29, 1.82) is 0 Å². The molecule has 3 atom stereocenters. The summed E-state index contributed by atoms with van der Waals surface area (Å²) >= 11 is 7.44. The van der Waals surface area contributed by atoms with Gasteiger partial charge in [0, 0.05) is 31.3 Å². The molecule has 1 saturated heterocycles. The zero-order valence-corrected chi connectivity index (χ0v) is 23.1. The number of ether oxygens (including phenoxy) is 2. The van der Waals surface area contributed by atoms with Crippen LogP contribution >= 0.6 is 23.4 Å². The standard InChI is InChI=1S/C24H30ClF3N4O4S/c1-12-8-30(9-13(2)31(12)22(34)36-23(3,4)5)20-15-7-16(24(26,27)28)17(25)19-18(15)32(21(33)29-20)14(10-35-6)11-37-19/h7,12-14H,8-11H2,1-6H3/t12?,13?,14-/m0/s1. The van der Waals surface area contributed by atoms with Crippen LogP contribution in [0.3, 0.4) is 0 Å². The number of carbonyl (C=O) groups is 1. The molecule has 0 N–H and O–H groups in total. The SMILES string of the molecule is COC[C@H]1CSc2c(Cl)c(C(F)(F)F)cc3c(N4CC(C)N(C(=O)OC(C)(C)C)C(C)C4)nc(=O)n1c23. The summed E-state index contributed by atoms with van der Waals surface area (Å²) in [5.41, 5.74) is -1.92. The lowest BCUT2D eigenvalue weighted by Gasteiger charge is -2.45. The Hall–Kier alpha value is -2.18. The number of halogens is 4. The molecular weight excluding hydrogens is 533 g/mol. The van der Waals surface area contributed by atoms with Crippen molar-refractivity contribution < 1.29 is 27.4 Å². The fourth-order valence-corrected chi connectivity index (χ4v) is 6.59. The smallest absolute Gasteiger partial charge is 0.417 e. The van der Waals surface area contributed by atoms with Gasteiger partial charge in [-0.3, -0.25) is 9.47 Å². The van der Waals surface area contributed by atoms with E-state index in [-0.39, 0.29) is 47.9 Å². The summed E-state index contributed by atoms with van der Waals surface area (Å²) in [7, 11) is 1.50. The topological polar surface area (TPSA) is 76.9 Å². The average Bonchev–Trinajstić information content (AvgIpc) is 2.75. The minimum Gasteiger partial charge on any atom is -0.444 e. The minimum atomic E-state index is -4.69. The molecule has 1 amide bonds.